The van der Waals surface area contributed by atoms with Crippen LogP contribution in [0.1, 0.15) is 42.8 Å². The quantitative estimate of drug-likeness (QED) is 0.869. The van der Waals surface area contributed by atoms with Crippen molar-refractivity contribution in [3.05, 3.63) is 57.8 Å². The van der Waals surface area contributed by atoms with Crippen LogP contribution >= 0.6 is 0 Å². The van der Waals surface area contributed by atoms with E-state index in [-0.39, 0.29) is 5.56 Å². The summed E-state index contributed by atoms with van der Waals surface area (Å²) in [6.45, 7) is 5.45. The van der Waals surface area contributed by atoms with Crippen molar-refractivity contribution in [2.75, 3.05) is 37.6 Å². The number of benzene rings is 1. The number of aromatic amines is 1. The van der Waals surface area contributed by atoms with E-state index in [1.54, 1.807) is 0 Å². The lowest BCUT2D eigenvalue weighted by Crippen LogP contribution is -2.46. The lowest BCUT2D eigenvalue weighted by Gasteiger charge is -2.36. The van der Waals surface area contributed by atoms with Gasteiger partial charge in [-0.2, -0.15) is 0 Å². The number of piperazine rings is 1. The lowest BCUT2D eigenvalue weighted by atomic mass is 9.84. The summed E-state index contributed by atoms with van der Waals surface area (Å²) >= 11 is 0. The zero-order valence-electron chi connectivity index (χ0n) is 16.6. The Labute approximate surface area is 166 Å². The fraction of sp³-hybridized carbons (Fsp3) is 0.565. The van der Waals surface area contributed by atoms with E-state index >= 15 is 0 Å². The maximum atomic E-state index is 12.5. The van der Waals surface area contributed by atoms with Gasteiger partial charge in [-0.05, 0) is 62.6 Å². The SMILES string of the molecule is O=c1[nH]c(CCCN2CCN(c3ccccc3)CC2)nc2c1CC1(CC2)CC1. The summed E-state index contributed by atoms with van der Waals surface area (Å²) in [5.41, 5.74) is 3.97. The maximum Gasteiger partial charge on any atom is 0.254 e. The molecule has 3 aliphatic rings. The van der Waals surface area contributed by atoms with Crippen LogP contribution in [0, 0.1) is 5.41 Å². The fourth-order valence-electron chi connectivity index (χ4n) is 4.89. The van der Waals surface area contributed by atoms with Crippen molar-refractivity contribution in [1.82, 2.24) is 14.9 Å². The highest BCUT2D eigenvalue weighted by Crippen LogP contribution is 2.53. The lowest BCUT2D eigenvalue weighted by molar-refractivity contribution is 0.254. The number of para-hydroxylation sites is 1. The third-order valence-corrected chi connectivity index (χ3v) is 6.93. The van der Waals surface area contributed by atoms with E-state index in [0.29, 0.717) is 5.41 Å². The Morgan fingerprint density at radius 2 is 1.82 bits per heavy atom. The highest BCUT2D eigenvalue weighted by molar-refractivity contribution is 5.46. The molecule has 5 nitrogen and oxygen atoms in total. The predicted molar refractivity (Wildman–Crippen MR) is 112 cm³/mol. The minimum absolute atomic E-state index is 0.127. The van der Waals surface area contributed by atoms with Crippen LogP contribution < -0.4 is 10.5 Å². The van der Waals surface area contributed by atoms with Crippen molar-refractivity contribution in [2.24, 2.45) is 5.41 Å². The maximum absolute atomic E-state index is 12.5. The summed E-state index contributed by atoms with van der Waals surface area (Å²) in [5, 5.41) is 0. The van der Waals surface area contributed by atoms with Crippen molar-refractivity contribution in [2.45, 2.75) is 44.9 Å². The molecule has 0 amide bonds. The van der Waals surface area contributed by atoms with Crippen molar-refractivity contribution in [3.63, 3.8) is 0 Å². The topological polar surface area (TPSA) is 52.2 Å². The normalized spacial score (nSPS) is 20.9. The smallest absolute Gasteiger partial charge is 0.254 e. The molecule has 1 aromatic heterocycles. The first-order valence-electron chi connectivity index (χ1n) is 10.8. The molecule has 1 N–H and O–H groups in total. The van der Waals surface area contributed by atoms with Crippen LogP contribution in [0.3, 0.4) is 0 Å². The van der Waals surface area contributed by atoms with Gasteiger partial charge in [0.1, 0.15) is 5.82 Å². The fourth-order valence-corrected chi connectivity index (χ4v) is 4.89. The molecular weight excluding hydrogens is 348 g/mol. The molecule has 2 aromatic rings. The van der Waals surface area contributed by atoms with Gasteiger partial charge in [0.05, 0.1) is 5.69 Å². The first-order valence-corrected chi connectivity index (χ1v) is 10.8. The Morgan fingerprint density at radius 1 is 1.04 bits per heavy atom. The number of nitrogens with one attached hydrogen (secondary N) is 1. The minimum atomic E-state index is 0.127. The Bertz CT molecular complexity index is 879. The van der Waals surface area contributed by atoms with Crippen molar-refractivity contribution >= 4 is 5.69 Å². The van der Waals surface area contributed by atoms with Gasteiger partial charge in [0.25, 0.3) is 5.56 Å². The summed E-state index contributed by atoms with van der Waals surface area (Å²) < 4.78 is 0. The Morgan fingerprint density at radius 3 is 2.57 bits per heavy atom. The van der Waals surface area contributed by atoms with Gasteiger partial charge in [-0.1, -0.05) is 18.2 Å². The van der Waals surface area contributed by atoms with Gasteiger partial charge in [-0.25, -0.2) is 4.98 Å². The van der Waals surface area contributed by atoms with Gasteiger partial charge >= 0.3 is 0 Å². The molecule has 5 rings (SSSR count). The van der Waals surface area contributed by atoms with Crippen LogP contribution in [-0.4, -0.2) is 47.6 Å². The number of fused-ring (bicyclic) bond motifs is 1. The number of H-pyrrole nitrogens is 1. The number of hydrogen-bond donors (Lipinski definition) is 1. The van der Waals surface area contributed by atoms with Gasteiger partial charge in [0, 0.05) is 43.9 Å². The molecule has 2 fully saturated rings. The summed E-state index contributed by atoms with van der Waals surface area (Å²) in [6.07, 6.45) is 7.69. The number of anilines is 1. The standard InChI is InChI=1S/C23H30N4O/c28-22-19-17-23(10-11-23)9-8-20(19)24-21(25-22)7-4-12-26-13-15-27(16-14-26)18-5-2-1-3-6-18/h1-3,5-6H,4,7-17H2,(H,24,25,28). The third kappa shape index (κ3) is 3.72. The number of hydrogen-bond acceptors (Lipinski definition) is 4. The molecule has 0 unspecified atom stereocenters. The molecule has 1 saturated heterocycles. The second-order valence-electron chi connectivity index (χ2n) is 8.88. The summed E-state index contributed by atoms with van der Waals surface area (Å²) in [6, 6.07) is 10.7. The monoisotopic (exact) mass is 378 g/mol. The van der Waals surface area contributed by atoms with Crippen LogP contribution in [0.2, 0.25) is 0 Å². The molecule has 5 heteroatoms. The van der Waals surface area contributed by atoms with E-state index < -0.39 is 0 Å². The highest BCUT2D eigenvalue weighted by atomic mass is 16.1. The highest BCUT2D eigenvalue weighted by Gasteiger charge is 2.45. The molecule has 0 radical (unpaired) electrons. The number of aryl methyl sites for hydroxylation is 2. The molecular formula is C23H30N4O. The zero-order chi connectivity index (χ0) is 19.0. The van der Waals surface area contributed by atoms with Crippen LogP contribution in [0.15, 0.2) is 35.1 Å². The summed E-state index contributed by atoms with van der Waals surface area (Å²) in [4.78, 5) is 25.4. The molecule has 1 saturated carbocycles. The Hall–Kier alpha value is -2.14. The van der Waals surface area contributed by atoms with Gasteiger partial charge in [-0.3, -0.25) is 9.69 Å². The molecule has 2 heterocycles. The molecule has 1 aromatic carbocycles. The average molecular weight is 379 g/mol. The molecule has 1 spiro atoms. The third-order valence-electron chi connectivity index (χ3n) is 6.93. The Balaban J connectivity index is 1.12. The van der Waals surface area contributed by atoms with Crippen LogP contribution in [0.5, 0.6) is 0 Å². The molecule has 2 aliphatic carbocycles. The number of rotatable bonds is 5. The van der Waals surface area contributed by atoms with Gasteiger partial charge in [0.2, 0.25) is 0 Å². The summed E-state index contributed by atoms with van der Waals surface area (Å²) in [7, 11) is 0. The van der Waals surface area contributed by atoms with E-state index in [1.807, 2.05) is 0 Å². The van der Waals surface area contributed by atoms with Crippen LogP contribution in [-0.2, 0) is 19.3 Å². The number of nitrogens with zero attached hydrogens (tertiary/aromatic N) is 3. The van der Waals surface area contributed by atoms with Gasteiger partial charge in [-0.15, -0.1) is 0 Å². The first-order chi connectivity index (χ1) is 13.7. The summed E-state index contributed by atoms with van der Waals surface area (Å²) in [5.74, 6) is 0.887. The second kappa shape index (κ2) is 7.36. The minimum Gasteiger partial charge on any atom is -0.369 e. The van der Waals surface area contributed by atoms with E-state index in [0.717, 1.165) is 75.5 Å². The largest absolute Gasteiger partial charge is 0.369 e. The van der Waals surface area contributed by atoms with Gasteiger partial charge in [0.15, 0.2) is 0 Å². The molecule has 28 heavy (non-hydrogen) atoms. The number of aromatic nitrogens is 2. The predicted octanol–water partition coefficient (Wildman–Crippen LogP) is 2.79. The second-order valence-corrected chi connectivity index (χ2v) is 8.88. The average Bonchev–Trinajstić information content (AvgIpc) is 3.49. The molecule has 148 valence electrons. The van der Waals surface area contributed by atoms with Crippen LogP contribution in [0.25, 0.3) is 0 Å². The molecule has 0 atom stereocenters. The zero-order valence-corrected chi connectivity index (χ0v) is 16.6. The Kier molecular flexibility index (Phi) is 4.71. The van der Waals surface area contributed by atoms with E-state index in [2.05, 4.69) is 45.1 Å². The van der Waals surface area contributed by atoms with Crippen molar-refractivity contribution in [1.29, 1.82) is 0 Å². The van der Waals surface area contributed by atoms with Crippen molar-refractivity contribution < 1.29 is 0 Å². The van der Waals surface area contributed by atoms with Gasteiger partial charge < -0.3 is 9.88 Å². The molecule has 1 aliphatic heterocycles. The van der Waals surface area contributed by atoms with Crippen LogP contribution in [0.4, 0.5) is 5.69 Å². The van der Waals surface area contributed by atoms with Crippen molar-refractivity contribution in [3.8, 4) is 0 Å². The first kappa shape index (κ1) is 17.9. The van der Waals surface area contributed by atoms with E-state index in [1.165, 1.54) is 24.9 Å². The van der Waals surface area contributed by atoms with E-state index in [4.69, 9.17) is 4.98 Å². The van der Waals surface area contributed by atoms with E-state index in [9.17, 15) is 4.79 Å². The molecule has 0 bridgehead atoms.